The highest BCUT2D eigenvalue weighted by atomic mass is 19.1. The Hall–Kier alpha value is -3.01. The van der Waals surface area contributed by atoms with Crippen molar-refractivity contribution in [1.82, 2.24) is 9.80 Å². The zero-order valence-corrected chi connectivity index (χ0v) is 18.6. The Morgan fingerprint density at radius 2 is 1.81 bits per heavy atom. The number of amides is 2. The van der Waals surface area contributed by atoms with Crippen molar-refractivity contribution in [1.29, 1.82) is 0 Å². The molecule has 31 heavy (non-hydrogen) atoms. The molecule has 1 aliphatic heterocycles. The molecule has 0 aromatic heterocycles. The second kappa shape index (κ2) is 9.86. The summed E-state index contributed by atoms with van der Waals surface area (Å²) in [6.07, 6.45) is -0.0155. The highest BCUT2D eigenvalue weighted by molar-refractivity contribution is 6.40. The quantitative estimate of drug-likeness (QED) is 0.610. The topological polar surface area (TPSA) is 109 Å². The number of likely N-dealkylation sites (N-methyl/N-ethyl adjacent to an activating group) is 1. The van der Waals surface area contributed by atoms with Crippen molar-refractivity contribution < 1.29 is 23.5 Å². The normalized spacial score (nSPS) is 16.3. The third-order valence-corrected chi connectivity index (χ3v) is 4.42. The van der Waals surface area contributed by atoms with E-state index in [1.807, 2.05) is 19.0 Å². The van der Waals surface area contributed by atoms with E-state index in [1.54, 1.807) is 20.8 Å². The van der Waals surface area contributed by atoms with Gasteiger partial charge in [0.2, 0.25) is 5.91 Å². The maximum atomic E-state index is 13.3. The lowest BCUT2D eigenvalue weighted by Crippen LogP contribution is -2.45. The van der Waals surface area contributed by atoms with E-state index in [9.17, 15) is 18.8 Å². The van der Waals surface area contributed by atoms with Crippen LogP contribution in [-0.2, 0) is 19.1 Å². The van der Waals surface area contributed by atoms with Gasteiger partial charge in [-0.05, 0) is 59.1 Å². The van der Waals surface area contributed by atoms with Crippen LogP contribution in [0.15, 0.2) is 29.4 Å². The van der Waals surface area contributed by atoms with Crippen LogP contribution >= 0.6 is 0 Å². The largest absolute Gasteiger partial charge is 0.459 e. The van der Waals surface area contributed by atoms with Crippen molar-refractivity contribution in [2.75, 3.05) is 38.7 Å². The van der Waals surface area contributed by atoms with E-state index in [0.29, 0.717) is 12.2 Å². The minimum absolute atomic E-state index is 0.0155. The van der Waals surface area contributed by atoms with Crippen molar-refractivity contribution in [2.45, 2.75) is 38.8 Å². The zero-order chi connectivity index (χ0) is 23.3. The van der Waals surface area contributed by atoms with Crippen molar-refractivity contribution in [3.8, 4) is 0 Å². The summed E-state index contributed by atoms with van der Waals surface area (Å²) in [7, 11) is 3.70. The third kappa shape index (κ3) is 7.02. The predicted octanol–water partition coefficient (Wildman–Crippen LogP) is 0.978. The molecule has 1 aromatic carbocycles. The van der Waals surface area contributed by atoms with Gasteiger partial charge in [0.1, 0.15) is 29.7 Å². The van der Waals surface area contributed by atoms with Gasteiger partial charge in [0, 0.05) is 19.5 Å². The van der Waals surface area contributed by atoms with E-state index in [4.69, 9.17) is 10.5 Å². The molecule has 0 spiro atoms. The van der Waals surface area contributed by atoms with E-state index in [1.165, 1.54) is 34.2 Å². The first-order valence-corrected chi connectivity index (χ1v) is 9.95. The van der Waals surface area contributed by atoms with Gasteiger partial charge in [-0.1, -0.05) is 0 Å². The Balaban J connectivity index is 2.26. The first-order valence-electron chi connectivity index (χ1n) is 9.95. The lowest BCUT2D eigenvalue weighted by atomic mass is 10.1. The number of hydrogen-bond acceptors (Lipinski definition) is 7. The van der Waals surface area contributed by atoms with Crippen LogP contribution in [0.3, 0.4) is 0 Å². The van der Waals surface area contributed by atoms with Gasteiger partial charge in [0.15, 0.2) is 0 Å². The summed E-state index contributed by atoms with van der Waals surface area (Å²) in [5, 5.41) is 5.60. The van der Waals surface area contributed by atoms with Crippen LogP contribution in [0, 0.1) is 5.82 Å². The Bertz CT molecular complexity index is 848. The highest BCUT2D eigenvalue weighted by Gasteiger charge is 2.37. The fourth-order valence-electron chi connectivity index (χ4n) is 2.98. The van der Waals surface area contributed by atoms with Gasteiger partial charge in [-0.15, -0.1) is 0 Å². The first kappa shape index (κ1) is 24.3. The summed E-state index contributed by atoms with van der Waals surface area (Å²) in [5.74, 6) is -2.13. The van der Waals surface area contributed by atoms with E-state index in [-0.39, 0.29) is 25.2 Å². The van der Waals surface area contributed by atoms with Crippen LogP contribution in [0.1, 0.15) is 27.2 Å². The lowest BCUT2D eigenvalue weighted by Gasteiger charge is -2.26. The first-order chi connectivity index (χ1) is 14.4. The lowest BCUT2D eigenvalue weighted by molar-refractivity contribution is -0.158. The van der Waals surface area contributed by atoms with Gasteiger partial charge in [0.25, 0.3) is 5.91 Å². The number of rotatable bonds is 8. The van der Waals surface area contributed by atoms with Gasteiger partial charge < -0.3 is 20.3 Å². The molecule has 0 aliphatic carbocycles. The molecule has 0 saturated heterocycles. The Kier molecular flexibility index (Phi) is 7.72. The maximum Gasteiger partial charge on any atom is 0.326 e. The Morgan fingerprint density at radius 1 is 1.19 bits per heavy atom. The predicted molar refractivity (Wildman–Crippen MR) is 115 cm³/mol. The van der Waals surface area contributed by atoms with Gasteiger partial charge in [0.05, 0.1) is 5.69 Å². The van der Waals surface area contributed by atoms with Gasteiger partial charge in [-0.2, -0.15) is 5.10 Å². The number of halogens is 1. The molecule has 1 unspecified atom stereocenters. The number of hydrogen-bond donors (Lipinski definition) is 1. The molecule has 1 aromatic rings. The van der Waals surface area contributed by atoms with Crippen LogP contribution in [0.25, 0.3) is 0 Å². The number of nitrogens with two attached hydrogens (primary N) is 1. The minimum Gasteiger partial charge on any atom is -0.459 e. The highest BCUT2D eigenvalue weighted by Crippen LogP contribution is 2.25. The summed E-state index contributed by atoms with van der Waals surface area (Å²) in [6, 6.07) is 4.48. The number of hydrazone groups is 1. The molecule has 170 valence electrons. The second-order valence-corrected chi connectivity index (χ2v) is 8.61. The van der Waals surface area contributed by atoms with Crippen LogP contribution in [-0.4, -0.2) is 78.7 Å². The number of ether oxygens (including phenoxy) is 1. The molecule has 10 heteroatoms. The average Bonchev–Trinajstić information content (AvgIpc) is 3.09. The maximum absolute atomic E-state index is 13.3. The molecule has 0 radical (unpaired) electrons. The summed E-state index contributed by atoms with van der Waals surface area (Å²) in [4.78, 5) is 40.7. The van der Waals surface area contributed by atoms with Crippen LogP contribution in [0.4, 0.5) is 10.1 Å². The van der Waals surface area contributed by atoms with Crippen molar-refractivity contribution in [3.05, 3.63) is 30.1 Å². The monoisotopic (exact) mass is 435 g/mol. The zero-order valence-electron chi connectivity index (χ0n) is 18.6. The fraction of sp³-hybridized carbons (Fsp3) is 0.524. The number of carbonyl (C=O) groups is 3. The van der Waals surface area contributed by atoms with Crippen LogP contribution in [0.5, 0.6) is 0 Å². The summed E-state index contributed by atoms with van der Waals surface area (Å²) < 4.78 is 18.6. The Labute approximate surface area is 181 Å². The Morgan fingerprint density at radius 3 is 2.32 bits per heavy atom. The average molecular weight is 436 g/mol. The molecule has 1 heterocycles. The SMILES string of the molecule is CN(C)CCN(CC(=O)OC(C)(C)C)C(=O)C1=NN(c2ccc(F)cc2)C(C(N)=O)C1. The molecule has 0 fully saturated rings. The molecule has 9 nitrogen and oxygen atoms in total. The van der Waals surface area contributed by atoms with Crippen molar-refractivity contribution in [3.63, 3.8) is 0 Å². The minimum atomic E-state index is -0.887. The van der Waals surface area contributed by atoms with Gasteiger partial charge in [-0.25, -0.2) is 4.39 Å². The molecule has 1 aliphatic rings. The summed E-state index contributed by atoms with van der Waals surface area (Å²) in [5.41, 5.74) is 5.35. The number of carbonyl (C=O) groups excluding carboxylic acids is 3. The van der Waals surface area contributed by atoms with E-state index < -0.39 is 35.2 Å². The van der Waals surface area contributed by atoms with Crippen LogP contribution in [0.2, 0.25) is 0 Å². The van der Waals surface area contributed by atoms with Gasteiger partial charge >= 0.3 is 5.97 Å². The number of anilines is 1. The van der Waals surface area contributed by atoms with Gasteiger partial charge in [-0.3, -0.25) is 19.4 Å². The molecule has 2 amide bonds. The van der Waals surface area contributed by atoms with Crippen molar-refractivity contribution >= 4 is 29.2 Å². The molecule has 0 bridgehead atoms. The summed E-state index contributed by atoms with van der Waals surface area (Å²) >= 11 is 0. The molecular weight excluding hydrogens is 405 g/mol. The molecule has 2 N–H and O–H groups in total. The second-order valence-electron chi connectivity index (χ2n) is 8.61. The standard InChI is InChI=1S/C21H30FN5O4/c1-21(2,3)31-18(28)13-26(11-10-25(4)5)20(30)16-12-17(19(23)29)27(24-16)15-8-6-14(22)7-9-15/h6-9,17H,10-13H2,1-5H3,(H2,23,29). The number of nitrogens with zero attached hydrogens (tertiary/aromatic N) is 4. The summed E-state index contributed by atoms with van der Waals surface area (Å²) in [6.45, 7) is 5.77. The van der Waals surface area contributed by atoms with E-state index in [0.717, 1.165) is 0 Å². The smallest absolute Gasteiger partial charge is 0.326 e. The molecule has 0 saturated carbocycles. The molecular formula is C21H30FN5O4. The molecule has 2 rings (SSSR count). The molecule has 1 atom stereocenters. The van der Waals surface area contributed by atoms with E-state index >= 15 is 0 Å². The fourth-order valence-corrected chi connectivity index (χ4v) is 2.98. The van der Waals surface area contributed by atoms with E-state index in [2.05, 4.69) is 5.10 Å². The van der Waals surface area contributed by atoms with Crippen LogP contribution < -0.4 is 10.7 Å². The van der Waals surface area contributed by atoms with Crippen molar-refractivity contribution in [2.24, 2.45) is 10.8 Å². The third-order valence-electron chi connectivity index (χ3n) is 4.42. The number of esters is 1. The number of benzene rings is 1. The number of primary amides is 1.